The van der Waals surface area contributed by atoms with Gasteiger partial charge in [-0.05, 0) is 35.0 Å². The van der Waals surface area contributed by atoms with E-state index in [0.717, 1.165) is 10.2 Å². The van der Waals surface area contributed by atoms with E-state index in [2.05, 4.69) is 21.2 Å². The number of benzene rings is 1. The molecule has 1 aromatic carbocycles. The highest BCUT2D eigenvalue weighted by Crippen LogP contribution is 2.31. The van der Waals surface area contributed by atoms with Crippen LogP contribution in [0.4, 0.5) is 5.69 Å². The largest absolute Gasteiger partial charge is 0.481 e. The van der Waals surface area contributed by atoms with E-state index in [1.54, 1.807) is 11.8 Å². The van der Waals surface area contributed by atoms with Gasteiger partial charge in [0.2, 0.25) is 11.8 Å². The number of carboxylic acids is 1. The van der Waals surface area contributed by atoms with Crippen LogP contribution in [-0.2, 0) is 14.4 Å². The molecule has 0 aromatic heterocycles. The van der Waals surface area contributed by atoms with Crippen LogP contribution < -0.4 is 10.2 Å². The second-order valence-electron chi connectivity index (χ2n) is 5.36. The highest BCUT2D eigenvalue weighted by atomic mass is 79.9. The summed E-state index contributed by atoms with van der Waals surface area (Å²) in [5.74, 6) is -1.82. The summed E-state index contributed by atoms with van der Waals surface area (Å²) in [6.45, 7) is 1.93. The maximum absolute atomic E-state index is 12.1. The number of carbonyl (C=O) groups is 3. The SMILES string of the molecule is CC(CC(=O)O)NC(=O)C1CC(=O)N(c2ccccc2Br)C1. The standard InChI is InChI=1S/C15H17BrN2O4/c1-9(6-14(20)21)17-15(22)10-7-13(19)18(8-10)12-5-3-2-4-11(12)16/h2-5,9-10H,6-8H2,1H3,(H,17,22)(H,20,21). The average molecular weight is 369 g/mol. The van der Waals surface area contributed by atoms with E-state index >= 15 is 0 Å². The fourth-order valence-corrected chi connectivity index (χ4v) is 2.96. The van der Waals surface area contributed by atoms with Crippen LogP contribution in [0.3, 0.4) is 0 Å². The summed E-state index contributed by atoms with van der Waals surface area (Å²) in [5.41, 5.74) is 0.737. The Morgan fingerprint density at radius 1 is 1.45 bits per heavy atom. The van der Waals surface area contributed by atoms with Gasteiger partial charge in [-0.2, -0.15) is 0 Å². The van der Waals surface area contributed by atoms with Crippen molar-refractivity contribution in [2.45, 2.75) is 25.8 Å². The Morgan fingerprint density at radius 2 is 2.14 bits per heavy atom. The molecule has 1 fully saturated rings. The number of nitrogens with one attached hydrogen (secondary N) is 1. The Hall–Kier alpha value is -1.89. The Kier molecular flexibility index (Phi) is 5.18. The van der Waals surface area contributed by atoms with Crippen molar-refractivity contribution in [2.75, 3.05) is 11.4 Å². The Bertz CT molecular complexity index is 605. The molecule has 118 valence electrons. The van der Waals surface area contributed by atoms with Crippen LogP contribution in [0.15, 0.2) is 28.7 Å². The third-order valence-corrected chi connectivity index (χ3v) is 4.18. The molecule has 1 saturated heterocycles. The first-order valence-electron chi connectivity index (χ1n) is 6.95. The number of aliphatic carboxylic acids is 1. The Morgan fingerprint density at radius 3 is 2.77 bits per heavy atom. The molecule has 0 radical (unpaired) electrons. The van der Waals surface area contributed by atoms with Crippen molar-refractivity contribution in [3.8, 4) is 0 Å². The number of carbonyl (C=O) groups excluding carboxylic acids is 2. The summed E-state index contributed by atoms with van der Waals surface area (Å²) in [5, 5.41) is 11.4. The average Bonchev–Trinajstić information content (AvgIpc) is 2.80. The van der Waals surface area contributed by atoms with Crippen molar-refractivity contribution in [3.63, 3.8) is 0 Å². The number of amides is 2. The fourth-order valence-electron chi connectivity index (χ4n) is 2.46. The number of rotatable bonds is 5. The highest BCUT2D eigenvalue weighted by Gasteiger charge is 2.36. The van der Waals surface area contributed by atoms with Gasteiger partial charge in [0.15, 0.2) is 0 Å². The summed E-state index contributed by atoms with van der Waals surface area (Å²) < 4.78 is 0.795. The molecule has 1 aliphatic rings. The molecular formula is C15H17BrN2O4. The minimum absolute atomic E-state index is 0.113. The maximum atomic E-state index is 12.1. The van der Waals surface area contributed by atoms with Gasteiger partial charge in [0.1, 0.15) is 0 Å². The van der Waals surface area contributed by atoms with Crippen molar-refractivity contribution >= 4 is 39.4 Å². The number of hydrogen-bond acceptors (Lipinski definition) is 3. The number of para-hydroxylation sites is 1. The lowest BCUT2D eigenvalue weighted by Gasteiger charge is -2.19. The number of halogens is 1. The molecule has 2 rings (SSSR count). The quantitative estimate of drug-likeness (QED) is 0.829. The molecule has 7 heteroatoms. The minimum Gasteiger partial charge on any atom is -0.481 e. The highest BCUT2D eigenvalue weighted by molar-refractivity contribution is 9.10. The van der Waals surface area contributed by atoms with Gasteiger partial charge in [-0.3, -0.25) is 14.4 Å². The van der Waals surface area contributed by atoms with Crippen LogP contribution in [0.5, 0.6) is 0 Å². The second kappa shape index (κ2) is 6.91. The first-order valence-corrected chi connectivity index (χ1v) is 7.75. The number of hydrogen-bond donors (Lipinski definition) is 2. The molecule has 2 amide bonds. The second-order valence-corrected chi connectivity index (χ2v) is 6.22. The van der Waals surface area contributed by atoms with Crippen LogP contribution in [0.2, 0.25) is 0 Å². The summed E-state index contributed by atoms with van der Waals surface area (Å²) in [6.07, 6.45) is -0.00663. The zero-order valence-electron chi connectivity index (χ0n) is 12.1. The topological polar surface area (TPSA) is 86.7 Å². The lowest BCUT2D eigenvalue weighted by atomic mass is 10.1. The first-order chi connectivity index (χ1) is 10.4. The molecule has 1 heterocycles. The van der Waals surface area contributed by atoms with Gasteiger partial charge in [0, 0.05) is 23.5 Å². The smallest absolute Gasteiger partial charge is 0.305 e. The fraction of sp³-hybridized carbons (Fsp3) is 0.400. The molecule has 0 saturated carbocycles. The summed E-state index contributed by atoms with van der Waals surface area (Å²) in [4.78, 5) is 36.5. The zero-order chi connectivity index (χ0) is 16.3. The molecular weight excluding hydrogens is 352 g/mol. The van der Waals surface area contributed by atoms with Gasteiger partial charge in [0.25, 0.3) is 0 Å². The van der Waals surface area contributed by atoms with E-state index in [1.165, 1.54) is 0 Å². The lowest BCUT2D eigenvalue weighted by molar-refractivity contribution is -0.137. The van der Waals surface area contributed by atoms with Crippen LogP contribution in [0.1, 0.15) is 19.8 Å². The van der Waals surface area contributed by atoms with Crippen molar-refractivity contribution in [2.24, 2.45) is 5.92 Å². The predicted octanol–water partition coefficient (Wildman–Crippen LogP) is 1.78. The molecule has 2 atom stereocenters. The van der Waals surface area contributed by atoms with Gasteiger partial charge in [-0.15, -0.1) is 0 Å². The summed E-state index contributed by atoms with van der Waals surface area (Å²) >= 11 is 3.40. The Labute approximate surface area is 136 Å². The van der Waals surface area contributed by atoms with Crippen LogP contribution in [-0.4, -0.2) is 35.5 Å². The van der Waals surface area contributed by atoms with Crippen molar-refractivity contribution < 1.29 is 19.5 Å². The molecule has 1 aromatic rings. The van der Waals surface area contributed by atoms with Gasteiger partial charge in [-0.25, -0.2) is 0 Å². The third kappa shape index (κ3) is 3.85. The van der Waals surface area contributed by atoms with Gasteiger partial charge in [-0.1, -0.05) is 12.1 Å². The molecule has 1 aliphatic heterocycles. The van der Waals surface area contributed by atoms with Crippen molar-refractivity contribution in [3.05, 3.63) is 28.7 Å². The van der Waals surface area contributed by atoms with E-state index in [9.17, 15) is 14.4 Å². The van der Waals surface area contributed by atoms with Crippen LogP contribution in [0.25, 0.3) is 0 Å². The van der Waals surface area contributed by atoms with E-state index in [1.807, 2.05) is 24.3 Å². The first kappa shape index (κ1) is 16.5. The predicted molar refractivity (Wildman–Crippen MR) is 84.5 cm³/mol. The number of carboxylic acid groups (broad SMARTS) is 1. The van der Waals surface area contributed by atoms with Gasteiger partial charge >= 0.3 is 5.97 Å². The van der Waals surface area contributed by atoms with Gasteiger partial charge in [0.05, 0.1) is 18.0 Å². The molecule has 2 N–H and O–H groups in total. The molecule has 0 spiro atoms. The Balaban J connectivity index is 2.02. The van der Waals surface area contributed by atoms with Crippen LogP contribution >= 0.6 is 15.9 Å². The van der Waals surface area contributed by atoms with Crippen molar-refractivity contribution in [1.82, 2.24) is 5.32 Å². The monoisotopic (exact) mass is 368 g/mol. The van der Waals surface area contributed by atoms with E-state index < -0.39 is 17.9 Å². The molecule has 2 unspecified atom stereocenters. The zero-order valence-corrected chi connectivity index (χ0v) is 13.7. The summed E-state index contributed by atoms with van der Waals surface area (Å²) in [7, 11) is 0. The van der Waals surface area contributed by atoms with Crippen molar-refractivity contribution in [1.29, 1.82) is 0 Å². The molecule has 6 nitrogen and oxygen atoms in total. The van der Waals surface area contributed by atoms with Gasteiger partial charge < -0.3 is 15.3 Å². The van der Waals surface area contributed by atoms with E-state index in [0.29, 0.717) is 6.54 Å². The molecule has 0 bridgehead atoms. The van der Waals surface area contributed by atoms with E-state index in [-0.39, 0.29) is 24.7 Å². The maximum Gasteiger partial charge on any atom is 0.305 e. The molecule has 0 aliphatic carbocycles. The summed E-state index contributed by atoms with van der Waals surface area (Å²) in [6, 6.07) is 6.87. The third-order valence-electron chi connectivity index (χ3n) is 3.51. The molecule has 22 heavy (non-hydrogen) atoms. The normalized spacial score (nSPS) is 19.1. The number of anilines is 1. The lowest BCUT2D eigenvalue weighted by Crippen LogP contribution is -2.39. The van der Waals surface area contributed by atoms with E-state index in [4.69, 9.17) is 5.11 Å². The van der Waals surface area contributed by atoms with Crippen LogP contribution in [0, 0.1) is 5.92 Å². The number of nitrogens with zero attached hydrogens (tertiary/aromatic N) is 1. The minimum atomic E-state index is -0.967.